The van der Waals surface area contributed by atoms with Crippen LogP contribution in [0.2, 0.25) is 0 Å². The van der Waals surface area contributed by atoms with Gasteiger partial charge in [-0.2, -0.15) is 0 Å². The van der Waals surface area contributed by atoms with Gasteiger partial charge >= 0.3 is 0 Å². The van der Waals surface area contributed by atoms with Crippen LogP contribution in [0.15, 0.2) is 48.7 Å². The van der Waals surface area contributed by atoms with Gasteiger partial charge in [-0.1, -0.05) is 44.9 Å². The maximum absolute atomic E-state index is 13.2. The number of aromatic nitrogens is 3. The minimum atomic E-state index is 0.0503. The highest BCUT2D eigenvalue weighted by atomic mass is 16.1. The Balaban J connectivity index is 2.04. The summed E-state index contributed by atoms with van der Waals surface area (Å²) < 4.78 is 2.03. The summed E-state index contributed by atoms with van der Waals surface area (Å²) in [5.74, 6) is 0.781. The van der Waals surface area contributed by atoms with Crippen molar-refractivity contribution in [3.05, 3.63) is 60.2 Å². The van der Waals surface area contributed by atoms with Crippen molar-refractivity contribution in [2.75, 3.05) is 0 Å². The average Bonchev–Trinajstić information content (AvgIpc) is 3.00. The molecule has 0 saturated heterocycles. The number of imidazole rings is 1. The van der Waals surface area contributed by atoms with Gasteiger partial charge in [-0.05, 0) is 37.1 Å². The number of carbonyl (C=O) groups excluding carboxylic acids is 1. The number of hydrogen-bond acceptors (Lipinski definition) is 3. The minimum absolute atomic E-state index is 0.0503. The fraction of sp³-hybridized carbons (Fsp3) is 0.381. The predicted octanol–water partition coefficient (Wildman–Crippen LogP) is 4.88. The zero-order valence-corrected chi connectivity index (χ0v) is 15.0. The number of fused-ring (bicyclic) bond motifs is 1. The van der Waals surface area contributed by atoms with Gasteiger partial charge in [0.15, 0.2) is 5.82 Å². The lowest BCUT2D eigenvalue weighted by Gasteiger charge is -2.15. The molecule has 0 saturated carbocycles. The molecule has 0 N–H and O–H groups in total. The summed E-state index contributed by atoms with van der Waals surface area (Å²) in [7, 11) is 0. The van der Waals surface area contributed by atoms with Crippen LogP contribution >= 0.6 is 0 Å². The Morgan fingerprint density at radius 3 is 2.44 bits per heavy atom. The van der Waals surface area contributed by atoms with Crippen molar-refractivity contribution in [2.24, 2.45) is 5.92 Å². The molecule has 0 amide bonds. The van der Waals surface area contributed by atoms with Gasteiger partial charge in [-0.3, -0.25) is 9.78 Å². The fourth-order valence-electron chi connectivity index (χ4n) is 3.36. The van der Waals surface area contributed by atoms with Gasteiger partial charge in [0.2, 0.25) is 5.78 Å². The zero-order valence-electron chi connectivity index (χ0n) is 15.0. The van der Waals surface area contributed by atoms with Crippen LogP contribution < -0.4 is 0 Å². The molecule has 0 radical (unpaired) electrons. The van der Waals surface area contributed by atoms with Crippen molar-refractivity contribution < 1.29 is 4.79 Å². The number of nitrogens with zero attached hydrogens (tertiary/aromatic N) is 3. The second-order valence-corrected chi connectivity index (χ2v) is 6.47. The van der Waals surface area contributed by atoms with Crippen LogP contribution in [0.4, 0.5) is 0 Å². The number of hydrogen-bond donors (Lipinski definition) is 0. The first-order chi connectivity index (χ1) is 12.2. The normalized spacial score (nSPS) is 11.3. The summed E-state index contributed by atoms with van der Waals surface area (Å²) >= 11 is 0. The molecule has 3 rings (SSSR count). The summed E-state index contributed by atoms with van der Waals surface area (Å²) in [4.78, 5) is 22.3. The summed E-state index contributed by atoms with van der Waals surface area (Å²) in [6.45, 7) is 4.83. The quantitative estimate of drug-likeness (QED) is 0.551. The molecule has 0 aliphatic rings. The molecule has 0 spiro atoms. The number of Topliss-reactive ketones (excluding diaryl/α,β-unsaturated/α-hetero) is 1. The Morgan fingerprint density at radius 1 is 1.04 bits per heavy atom. The number of carbonyl (C=O) groups is 1. The van der Waals surface area contributed by atoms with Gasteiger partial charge in [0.25, 0.3) is 0 Å². The van der Waals surface area contributed by atoms with E-state index in [-0.39, 0.29) is 11.7 Å². The molecule has 25 heavy (non-hydrogen) atoms. The van der Waals surface area contributed by atoms with Crippen molar-refractivity contribution in [1.82, 2.24) is 14.5 Å². The molecule has 2 aromatic heterocycles. The highest BCUT2D eigenvalue weighted by Gasteiger charge is 2.24. The van der Waals surface area contributed by atoms with Gasteiger partial charge in [0, 0.05) is 12.1 Å². The molecule has 0 bridgehead atoms. The lowest BCUT2D eigenvalue weighted by molar-refractivity contribution is 0.0890. The van der Waals surface area contributed by atoms with Crippen LogP contribution in [-0.2, 0) is 6.54 Å². The molecule has 0 atom stereocenters. The molecule has 4 heteroatoms. The Morgan fingerprint density at radius 2 is 1.76 bits per heavy atom. The maximum Gasteiger partial charge on any atom is 0.201 e. The summed E-state index contributed by atoms with van der Waals surface area (Å²) in [5, 5.41) is 0. The van der Waals surface area contributed by atoms with Crippen LogP contribution in [0.3, 0.4) is 0 Å². The van der Waals surface area contributed by atoms with Crippen molar-refractivity contribution in [3.8, 4) is 0 Å². The van der Waals surface area contributed by atoms with Crippen LogP contribution in [0.1, 0.15) is 55.8 Å². The molecule has 0 aliphatic carbocycles. The molecule has 0 fully saturated rings. The Hall–Kier alpha value is -2.49. The van der Waals surface area contributed by atoms with Crippen molar-refractivity contribution in [3.63, 3.8) is 0 Å². The van der Waals surface area contributed by atoms with Crippen molar-refractivity contribution in [1.29, 1.82) is 0 Å². The van der Waals surface area contributed by atoms with E-state index in [2.05, 4.69) is 23.8 Å². The van der Waals surface area contributed by atoms with E-state index in [0.717, 1.165) is 42.4 Å². The molecule has 3 aromatic rings. The molecule has 0 unspecified atom stereocenters. The molecule has 4 nitrogen and oxygen atoms in total. The van der Waals surface area contributed by atoms with E-state index in [1.165, 1.54) is 0 Å². The summed E-state index contributed by atoms with van der Waals surface area (Å²) in [6, 6.07) is 13.8. The van der Waals surface area contributed by atoms with Gasteiger partial charge in [0.05, 0.1) is 23.3 Å². The van der Waals surface area contributed by atoms with Crippen LogP contribution in [0, 0.1) is 5.92 Å². The van der Waals surface area contributed by atoms with E-state index in [9.17, 15) is 4.79 Å². The third kappa shape index (κ3) is 3.78. The highest BCUT2D eigenvalue weighted by Crippen LogP contribution is 2.23. The van der Waals surface area contributed by atoms with Gasteiger partial charge in [-0.25, -0.2) is 4.98 Å². The fourth-order valence-corrected chi connectivity index (χ4v) is 3.36. The van der Waals surface area contributed by atoms with Crippen molar-refractivity contribution >= 4 is 16.8 Å². The highest BCUT2D eigenvalue weighted by molar-refractivity contribution is 5.98. The maximum atomic E-state index is 13.2. The standard InChI is InChI=1S/C21H25N3O/c1-3-9-16(10-4-2)20(25)21-23-18-12-5-6-13-19(18)24(21)15-17-11-7-8-14-22-17/h5-8,11-14,16H,3-4,9-10,15H2,1-2H3. The Bertz CT molecular complexity index is 833. The predicted molar refractivity (Wildman–Crippen MR) is 101 cm³/mol. The van der Waals surface area contributed by atoms with Crippen molar-refractivity contribution in [2.45, 2.75) is 46.1 Å². The van der Waals surface area contributed by atoms with E-state index < -0.39 is 0 Å². The lowest BCUT2D eigenvalue weighted by atomic mass is 9.93. The van der Waals surface area contributed by atoms with E-state index in [1.54, 1.807) is 6.20 Å². The number of pyridine rings is 1. The first-order valence-corrected chi connectivity index (χ1v) is 9.14. The zero-order chi connectivity index (χ0) is 17.6. The van der Waals surface area contributed by atoms with Crippen LogP contribution in [-0.4, -0.2) is 20.3 Å². The Kier molecular flexibility index (Phi) is 5.59. The lowest BCUT2D eigenvalue weighted by Crippen LogP contribution is -2.20. The van der Waals surface area contributed by atoms with Gasteiger partial charge in [0.1, 0.15) is 0 Å². The second kappa shape index (κ2) is 8.06. The third-order valence-electron chi connectivity index (χ3n) is 4.57. The number of benzene rings is 1. The Labute approximate surface area is 148 Å². The molecular weight excluding hydrogens is 310 g/mol. The molecular formula is C21H25N3O. The molecule has 2 heterocycles. The second-order valence-electron chi connectivity index (χ2n) is 6.47. The minimum Gasteiger partial charge on any atom is -0.315 e. The van der Waals surface area contributed by atoms with Crippen LogP contribution in [0.5, 0.6) is 0 Å². The SMILES string of the molecule is CCCC(CCC)C(=O)c1nc2ccccc2n1Cc1ccccn1. The molecule has 130 valence electrons. The molecule has 0 aliphatic heterocycles. The van der Waals surface area contributed by atoms with E-state index in [0.29, 0.717) is 12.4 Å². The number of ketones is 1. The number of rotatable bonds is 8. The summed E-state index contributed by atoms with van der Waals surface area (Å²) in [5.41, 5.74) is 2.79. The number of para-hydroxylation sites is 2. The van der Waals surface area contributed by atoms with Gasteiger partial charge < -0.3 is 4.57 Å². The first-order valence-electron chi connectivity index (χ1n) is 9.14. The monoisotopic (exact) mass is 335 g/mol. The average molecular weight is 335 g/mol. The third-order valence-corrected chi connectivity index (χ3v) is 4.57. The van der Waals surface area contributed by atoms with Crippen LogP contribution in [0.25, 0.3) is 11.0 Å². The van der Waals surface area contributed by atoms with E-state index >= 15 is 0 Å². The topological polar surface area (TPSA) is 47.8 Å². The van der Waals surface area contributed by atoms with E-state index in [1.807, 2.05) is 47.0 Å². The smallest absolute Gasteiger partial charge is 0.201 e. The molecule has 1 aromatic carbocycles. The first kappa shape index (κ1) is 17.3. The summed E-state index contributed by atoms with van der Waals surface area (Å²) in [6.07, 6.45) is 5.64. The largest absolute Gasteiger partial charge is 0.315 e. The van der Waals surface area contributed by atoms with Gasteiger partial charge in [-0.15, -0.1) is 0 Å². The van der Waals surface area contributed by atoms with E-state index in [4.69, 9.17) is 0 Å².